The number of thioether (sulfide) groups is 1. The van der Waals surface area contributed by atoms with E-state index in [2.05, 4.69) is 6.07 Å². The summed E-state index contributed by atoms with van der Waals surface area (Å²) >= 11 is 1.50. The third-order valence-electron chi connectivity index (χ3n) is 2.12. The second-order valence-corrected chi connectivity index (χ2v) is 5.00. The second-order valence-electron chi connectivity index (χ2n) is 3.82. The average Bonchev–Trinajstić information content (AvgIpc) is 2.16. The van der Waals surface area contributed by atoms with Crippen molar-refractivity contribution in [2.45, 2.75) is 30.9 Å². The Morgan fingerprint density at radius 2 is 2.07 bits per heavy atom. The first-order valence-corrected chi connectivity index (χ1v) is 5.75. The van der Waals surface area contributed by atoms with E-state index >= 15 is 0 Å². The Bertz CT molecular complexity index is 382. The highest BCUT2D eigenvalue weighted by molar-refractivity contribution is 8.00. The molecule has 1 atom stereocenters. The Hall–Kier alpha value is -1.01. The number of hydrogen-bond acceptors (Lipinski definition) is 2. The van der Waals surface area contributed by atoms with Crippen molar-refractivity contribution in [3.8, 4) is 6.07 Å². The summed E-state index contributed by atoms with van der Waals surface area (Å²) in [5, 5.41) is 8.88. The molecule has 0 N–H and O–H groups in total. The van der Waals surface area contributed by atoms with Crippen LogP contribution >= 0.6 is 11.8 Å². The highest BCUT2D eigenvalue weighted by atomic mass is 32.2. The summed E-state index contributed by atoms with van der Waals surface area (Å²) in [5.41, 5.74) is 0.890. The number of halogens is 1. The van der Waals surface area contributed by atoms with Gasteiger partial charge in [0.1, 0.15) is 5.82 Å². The molecule has 0 aliphatic carbocycles. The van der Waals surface area contributed by atoms with Gasteiger partial charge in [0, 0.05) is 4.90 Å². The number of hydrogen-bond donors (Lipinski definition) is 0. The van der Waals surface area contributed by atoms with Crippen molar-refractivity contribution in [1.29, 1.82) is 5.26 Å². The van der Waals surface area contributed by atoms with E-state index < -0.39 is 0 Å². The zero-order chi connectivity index (χ0) is 11.4. The van der Waals surface area contributed by atoms with Crippen molar-refractivity contribution in [3.63, 3.8) is 0 Å². The van der Waals surface area contributed by atoms with E-state index in [9.17, 15) is 4.39 Å². The number of nitriles is 1. The maximum Gasteiger partial charge on any atom is 0.123 e. The molecule has 0 heterocycles. The van der Waals surface area contributed by atoms with Crippen molar-refractivity contribution in [3.05, 3.63) is 29.6 Å². The molecule has 0 radical (unpaired) electrons. The van der Waals surface area contributed by atoms with Crippen LogP contribution < -0.4 is 0 Å². The minimum absolute atomic E-state index is 0.0749. The Kier molecular flexibility index (Phi) is 4.16. The minimum atomic E-state index is -0.227. The first-order valence-electron chi connectivity index (χ1n) is 4.87. The topological polar surface area (TPSA) is 23.8 Å². The summed E-state index contributed by atoms with van der Waals surface area (Å²) in [6.07, 6.45) is 0. The van der Waals surface area contributed by atoms with Crippen LogP contribution in [0.25, 0.3) is 0 Å². The Morgan fingerprint density at radius 3 is 2.53 bits per heavy atom. The van der Waals surface area contributed by atoms with Crippen LogP contribution in [0.4, 0.5) is 4.39 Å². The molecule has 0 aromatic heterocycles. The normalized spacial score (nSPS) is 12.5. The van der Waals surface area contributed by atoms with Crippen LogP contribution in [-0.2, 0) is 0 Å². The van der Waals surface area contributed by atoms with Gasteiger partial charge in [-0.3, -0.25) is 0 Å². The number of rotatable bonds is 3. The summed E-state index contributed by atoms with van der Waals surface area (Å²) in [6, 6.07) is 6.93. The van der Waals surface area contributed by atoms with Gasteiger partial charge in [-0.15, -0.1) is 11.8 Å². The quantitative estimate of drug-likeness (QED) is 0.728. The summed E-state index contributed by atoms with van der Waals surface area (Å²) in [4.78, 5) is 0.983. The second kappa shape index (κ2) is 5.18. The van der Waals surface area contributed by atoms with E-state index in [0.29, 0.717) is 5.92 Å². The van der Waals surface area contributed by atoms with Crippen molar-refractivity contribution < 1.29 is 4.39 Å². The van der Waals surface area contributed by atoms with Crippen LogP contribution in [0.5, 0.6) is 0 Å². The van der Waals surface area contributed by atoms with Gasteiger partial charge in [-0.1, -0.05) is 13.8 Å². The molecular formula is C12H14FNS. The fourth-order valence-corrected chi connectivity index (χ4v) is 2.18. The lowest BCUT2D eigenvalue weighted by Crippen LogP contribution is -2.08. The van der Waals surface area contributed by atoms with E-state index in [4.69, 9.17) is 5.26 Å². The van der Waals surface area contributed by atoms with Crippen LogP contribution in [0.3, 0.4) is 0 Å². The van der Waals surface area contributed by atoms with E-state index in [-0.39, 0.29) is 11.1 Å². The Balaban J connectivity index is 2.85. The zero-order valence-corrected chi connectivity index (χ0v) is 9.94. The minimum Gasteiger partial charge on any atom is -0.207 e. The largest absolute Gasteiger partial charge is 0.207 e. The third-order valence-corrected chi connectivity index (χ3v) is 3.74. The average molecular weight is 223 g/mol. The van der Waals surface area contributed by atoms with E-state index in [1.807, 2.05) is 20.8 Å². The maximum atomic E-state index is 12.9. The van der Waals surface area contributed by atoms with Gasteiger partial charge in [-0.2, -0.15) is 5.26 Å². The van der Waals surface area contributed by atoms with E-state index in [1.165, 1.54) is 23.9 Å². The van der Waals surface area contributed by atoms with Gasteiger partial charge >= 0.3 is 0 Å². The van der Waals surface area contributed by atoms with Gasteiger partial charge in [-0.25, -0.2) is 4.39 Å². The van der Waals surface area contributed by atoms with Crippen molar-refractivity contribution in [2.75, 3.05) is 0 Å². The monoisotopic (exact) mass is 223 g/mol. The smallest absolute Gasteiger partial charge is 0.123 e. The lowest BCUT2D eigenvalue weighted by atomic mass is 10.1. The van der Waals surface area contributed by atoms with Gasteiger partial charge in [-0.05, 0) is 36.6 Å². The molecule has 0 saturated carbocycles. The molecule has 15 heavy (non-hydrogen) atoms. The molecular weight excluding hydrogens is 209 g/mol. The van der Waals surface area contributed by atoms with Crippen molar-refractivity contribution in [2.24, 2.45) is 5.92 Å². The van der Waals surface area contributed by atoms with Crippen LogP contribution in [0.1, 0.15) is 19.4 Å². The van der Waals surface area contributed by atoms with E-state index in [1.54, 1.807) is 6.07 Å². The third kappa shape index (κ3) is 3.24. The molecule has 1 aromatic rings. The molecule has 80 valence electrons. The fraction of sp³-hybridized carbons (Fsp3) is 0.417. The Morgan fingerprint density at radius 1 is 1.40 bits per heavy atom. The fourth-order valence-electron chi connectivity index (χ4n) is 1.19. The number of nitrogens with zero attached hydrogens (tertiary/aromatic N) is 1. The number of benzene rings is 1. The maximum absolute atomic E-state index is 12.9. The van der Waals surface area contributed by atoms with Crippen LogP contribution in [0.15, 0.2) is 23.1 Å². The molecule has 0 bridgehead atoms. The molecule has 1 rings (SSSR count). The highest BCUT2D eigenvalue weighted by Gasteiger charge is 2.14. The van der Waals surface area contributed by atoms with Gasteiger partial charge in [0.15, 0.2) is 0 Å². The van der Waals surface area contributed by atoms with Crippen molar-refractivity contribution in [1.82, 2.24) is 0 Å². The summed E-state index contributed by atoms with van der Waals surface area (Å²) in [6.45, 7) is 5.89. The SMILES string of the molecule is Cc1cc(F)ccc1SC(C#N)C(C)C. The predicted molar refractivity (Wildman–Crippen MR) is 61.2 cm³/mol. The lowest BCUT2D eigenvalue weighted by molar-refractivity contribution is 0.625. The first kappa shape index (κ1) is 12.1. The van der Waals surface area contributed by atoms with Gasteiger partial charge in [0.05, 0.1) is 11.3 Å². The van der Waals surface area contributed by atoms with Gasteiger partial charge in [0.2, 0.25) is 0 Å². The summed E-state index contributed by atoms with van der Waals surface area (Å²) < 4.78 is 12.9. The summed E-state index contributed by atoms with van der Waals surface area (Å²) in [7, 11) is 0. The molecule has 1 nitrogen and oxygen atoms in total. The molecule has 1 unspecified atom stereocenters. The van der Waals surface area contributed by atoms with Crippen molar-refractivity contribution >= 4 is 11.8 Å². The standard InChI is InChI=1S/C12H14FNS/c1-8(2)12(7-14)15-11-5-4-10(13)6-9(11)3/h4-6,8,12H,1-3H3. The molecule has 0 aliphatic rings. The summed E-state index contributed by atoms with van der Waals surface area (Å²) in [5.74, 6) is 0.0688. The first-order chi connectivity index (χ1) is 7.04. The van der Waals surface area contributed by atoms with E-state index in [0.717, 1.165) is 10.5 Å². The Labute approximate surface area is 94.3 Å². The molecule has 0 spiro atoms. The highest BCUT2D eigenvalue weighted by Crippen LogP contribution is 2.30. The zero-order valence-electron chi connectivity index (χ0n) is 9.12. The number of aryl methyl sites for hydroxylation is 1. The molecule has 1 aromatic carbocycles. The predicted octanol–water partition coefficient (Wildman–Crippen LogP) is 3.77. The molecule has 0 aliphatic heterocycles. The van der Waals surface area contributed by atoms with Crippen LogP contribution in [0, 0.1) is 30.0 Å². The molecule has 0 fully saturated rings. The van der Waals surface area contributed by atoms with Gasteiger partial charge < -0.3 is 0 Å². The van der Waals surface area contributed by atoms with Gasteiger partial charge in [0.25, 0.3) is 0 Å². The van der Waals surface area contributed by atoms with Crippen LogP contribution in [0.2, 0.25) is 0 Å². The molecule has 0 amide bonds. The molecule has 0 saturated heterocycles. The molecule has 3 heteroatoms. The van der Waals surface area contributed by atoms with Crippen LogP contribution in [-0.4, -0.2) is 5.25 Å². The lowest BCUT2D eigenvalue weighted by Gasteiger charge is -2.13.